The van der Waals surface area contributed by atoms with Gasteiger partial charge in [-0.25, -0.2) is 4.79 Å². The van der Waals surface area contributed by atoms with Gasteiger partial charge in [-0.15, -0.1) is 0 Å². The van der Waals surface area contributed by atoms with Crippen molar-refractivity contribution in [2.75, 3.05) is 13.7 Å². The molecule has 2 atom stereocenters. The van der Waals surface area contributed by atoms with E-state index < -0.39 is 18.1 Å². The molecule has 1 aliphatic rings. The van der Waals surface area contributed by atoms with Gasteiger partial charge in [0.2, 0.25) is 0 Å². The van der Waals surface area contributed by atoms with Crippen LogP contribution in [0.3, 0.4) is 0 Å². The quantitative estimate of drug-likeness (QED) is 0.923. The minimum atomic E-state index is -0.937. The molecule has 1 aromatic carbocycles. The maximum Gasteiger partial charge on any atom is 0.326 e. The van der Waals surface area contributed by atoms with E-state index in [4.69, 9.17) is 4.74 Å². The third-order valence-electron chi connectivity index (χ3n) is 3.88. The van der Waals surface area contributed by atoms with Crippen LogP contribution < -0.4 is 0 Å². The molecule has 0 saturated carbocycles. The van der Waals surface area contributed by atoms with Gasteiger partial charge in [-0.05, 0) is 18.4 Å². The third kappa shape index (κ3) is 3.61. The van der Waals surface area contributed by atoms with Gasteiger partial charge < -0.3 is 14.7 Å². The van der Waals surface area contributed by atoms with E-state index in [-0.39, 0.29) is 5.91 Å². The van der Waals surface area contributed by atoms with Crippen LogP contribution in [0.15, 0.2) is 30.3 Å². The van der Waals surface area contributed by atoms with Crippen LogP contribution in [-0.4, -0.2) is 41.6 Å². The van der Waals surface area contributed by atoms with E-state index in [1.165, 1.54) is 12.0 Å². The standard InChI is InChI=1S/C16H21NO4/c1-21-14(12-8-4-2-5-9-12)15(18)17-11-7-3-6-10-13(17)16(19)20/h2,4-5,8-9,13-14H,3,6-7,10-11H2,1H3,(H,19,20). The van der Waals surface area contributed by atoms with Gasteiger partial charge in [0.15, 0.2) is 6.10 Å². The second kappa shape index (κ2) is 7.22. The first-order valence-corrected chi connectivity index (χ1v) is 7.26. The Morgan fingerprint density at radius 2 is 1.95 bits per heavy atom. The molecule has 21 heavy (non-hydrogen) atoms. The Hall–Kier alpha value is -1.88. The molecule has 114 valence electrons. The van der Waals surface area contributed by atoms with E-state index in [9.17, 15) is 14.7 Å². The first-order valence-electron chi connectivity index (χ1n) is 7.26. The summed E-state index contributed by atoms with van der Waals surface area (Å²) in [6.07, 6.45) is 2.39. The summed E-state index contributed by atoms with van der Waals surface area (Å²) in [7, 11) is 1.48. The van der Waals surface area contributed by atoms with Gasteiger partial charge in [0, 0.05) is 13.7 Å². The SMILES string of the molecule is COC(C(=O)N1CCCCCC1C(=O)O)c1ccccc1. The van der Waals surface area contributed by atoms with Crippen molar-refractivity contribution in [3.05, 3.63) is 35.9 Å². The van der Waals surface area contributed by atoms with Crippen LogP contribution >= 0.6 is 0 Å². The molecule has 1 heterocycles. The zero-order chi connectivity index (χ0) is 15.2. The summed E-state index contributed by atoms with van der Waals surface area (Å²) in [5.41, 5.74) is 0.749. The van der Waals surface area contributed by atoms with Gasteiger partial charge in [-0.2, -0.15) is 0 Å². The minimum Gasteiger partial charge on any atom is -0.480 e. The molecule has 2 rings (SSSR count). The number of methoxy groups -OCH3 is 1. The average Bonchev–Trinajstić information content (AvgIpc) is 2.74. The molecular formula is C16H21NO4. The van der Waals surface area contributed by atoms with Crippen molar-refractivity contribution in [2.24, 2.45) is 0 Å². The molecular weight excluding hydrogens is 270 g/mol. The van der Waals surface area contributed by atoms with E-state index in [0.717, 1.165) is 24.8 Å². The van der Waals surface area contributed by atoms with E-state index >= 15 is 0 Å². The van der Waals surface area contributed by atoms with Crippen molar-refractivity contribution in [1.82, 2.24) is 4.90 Å². The number of nitrogens with zero attached hydrogens (tertiary/aromatic N) is 1. The molecule has 1 fully saturated rings. The molecule has 1 aromatic rings. The van der Waals surface area contributed by atoms with Gasteiger partial charge in [0.1, 0.15) is 6.04 Å². The maximum atomic E-state index is 12.7. The van der Waals surface area contributed by atoms with Crippen LogP contribution in [0.25, 0.3) is 0 Å². The van der Waals surface area contributed by atoms with Crippen molar-refractivity contribution in [2.45, 2.75) is 37.8 Å². The van der Waals surface area contributed by atoms with Crippen molar-refractivity contribution >= 4 is 11.9 Å². The number of carbonyl (C=O) groups excluding carboxylic acids is 1. The van der Waals surface area contributed by atoms with E-state index in [0.29, 0.717) is 13.0 Å². The Morgan fingerprint density at radius 3 is 2.57 bits per heavy atom. The number of hydrogen-bond donors (Lipinski definition) is 1. The van der Waals surface area contributed by atoms with Crippen LogP contribution in [0.5, 0.6) is 0 Å². The summed E-state index contributed by atoms with van der Waals surface area (Å²) in [6.45, 7) is 0.475. The Bertz CT molecular complexity index is 488. The summed E-state index contributed by atoms with van der Waals surface area (Å²) in [5.74, 6) is -1.20. The van der Waals surface area contributed by atoms with Crippen LogP contribution in [0.2, 0.25) is 0 Å². The van der Waals surface area contributed by atoms with Gasteiger partial charge in [0.25, 0.3) is 5.91 Å². The Labute approximate surface area is 124 Å². The predicted octanol–water partition coefficient (Wildman–Crippen LogP) is 2.23. The molecule has 0 spiro atoms. The number of benzene rings is 1. The highest BCUT2D eigenvalue weighted by atomic mass is 16.5. The highest BCUT2D eigenvalue weighted by molar-refractivity contribution is 5.87. The Balaban J connectivity index is 2.24. The first kappa shape index (κ1) is 15.5. The Kier molecular flexibility index (Phi) is 5.33. The number of hydrogen-bond acceptors (Lipinski definition) is 3. The number of carboxylic acids is 1. The third-order valence-corrected chi connectivity index (χ3v) is 3.88. The van der Waals surface area contributed by atoms with Crippen molar-refractivity contribution in [3.8, 4) is 0 Å². The lowest BCUT2D eigenvalue weighted by Gasteiger charge is -2.30. The largest absolute Gasteiger partial charge is 0.480 e. The fourth-order valence-corrected chi connectivity index (χ4v) is 2.79. The van der Waals surface area contributed by atoms with Gasteiger partial charge >= 0.3 is 5.97 Å². The summed E-state index contributed by atoms with van der Waals surface area (Å²) in [4.78, 5) is 25.6. The summed E-state index contributed by atoms with van der Waals surface area (Å²) < 4.78 is 5.34. The maximum absolute atomic E-state index is 12.7. The zero-order valence-corrected chi connectivity index (χ0v) is 12.2. The summed E-state index contributed by atoms with van der Waals surface area (Å²) in [5, 5.41) is 9.37. The lowest BCUT2D eigenvalue weighted by atomic mass is 10.1. The number of aliphatic carboxylic acids is 1. The topological polar surface area (TPSA) is 66.8 Å². The van der Waals surface area contributed by atoms with Crippen molar-refractivity contribution in [3.63, 3.8) is 0 Å². The molecule has 1 aliphatic heterocycles. The first-order chi connectivity index (χ1) is 10.1. The molecule has 1 saturated heterocycles. The molecule has 0 aliphatic carbocycles. The van der Waals surface area contributed by atoms with E-state index in [1.54, 1.807) is 0 Å². The Morgan fingerprint density at radius 1 is 1.24 bits per heavy atom. The highest BCUT2D eigenvalue weighted by Gasteiger charge is 2.35. The van der Waals surface area contributed by atoms with Gasteiger partial charge in [-0.3, -0.25) is 4.79 Å². The molecule has 0 radical (unpaired) electrons. The fourth-order valence-electron chi connectivity index (χ4n) is 2.79. The highest BCUT2D eigenvalue weighted by Crippen LogP contribution is 2.24. The van der Waals surface area contributed by atoms with Crippen molar-refractivity contribution in [1.29, 1.82) is 0 Å². The molecule has 1 N–H and O–H groups in total. The van der Waals surface area contributed by atoms with Crippen molar-refractivity contribution < 1.29 is 19.4 Å². The lowest BCUT2D eigenvalue weighted by molar-refractivity contribution is -0.155. The fraction of sp³-hybridized carbons (Fsp3) is 0.500. The van der Waals surface area contributed by atoms with E-state index in [1.807, 2.05) is 30.3 Å². The van der Waals surface area contributed by atoms with Gasteiger partial charge in [-0.1, -0.05) is 43.2 Å². The predicted molar refractivity (Wildman–Crippen MR) is 77.8 cm³/mol. The molecule has 5 heteroatoms. The number of carboxylic acid groups (broad SMARTS) is 1. The monoisotopic (exact) mass is 291 g/mol. The van der Waals surface area contributed by atoms with Crippen LogP contribution in [-0.2, 0) is 14.3 Å². The molecule has 0 bridgehead atoms. The average molecular weight is 291 g/mol. The molecule has 2 unspecified atom stereocenters. The van der Waals surface area contributed by atoms with Crippen LogP contribution in [0.4, 0.5) is 0 Å². The zero-order valence-electron chi connectivity index (χ0n) is 12.2. The molecule has 1 amide bonds. The molecule has 0 aromatic heterocycles. The molecule has 5 nitrogen and oxygen atoms in total. The van der Waals surface area contributed by atoms with Crippen LogP contribution in [0, 0.1) is 0 Å². The number of rotatable bonds is 4. The number of carbonyl (C=O) groups is 2. The number of likely N-dealkylation sites (tertiary alicyclic amines) is 1. The second-order valence-corrected chi connectivity index (χ2v) is 5.26. The second-order valence-electron chi connectivity index (χ2n) is 5.26. The minimum absolute atomic E-state index is 0.266. The summed E-state index contributed by atoms with van der Waals surface area (Å²) >= 11 is 0. The smallest absolute Gasteiger partial charge is 0.326 e. The number of ether oxygens (including phenoxy) is 1. The number of amides is 1. The normalized spacial score (nSPS) is 20.6. The van der Waals surface area contributed by atoms with Crippen LogP contribution in [0.1, 0.15) is 37.4 Å². The van der Waals surface area contributed by atoms with E-state index in [2.05, 4.69) is 0 Å². The summed E-state index contributed by atoms with van der Waals surface area (Å²) in [6, 6.07) is 8.44. The van der Waals surface area contributed by atoms with Gasteiger partial charge in [0.05, 0.1) is 0 Å². The lowest BCUT2D eigenvalue weighted by Crippen LogP contribution is -2.47.